The van der Waals surface area contributed by atoms with E-state index in [1.54, 1.807) is 12.1 Å². The molecule has 2 atom stereocenters. The van der Waals surface area contributed by atoms with E-state index in [1.165, 1.54) is 6.07 Å². The van der Waals surface area contributed by atoms with Gasteiger partial charge >= 0.3 is 0 Å². The second-order valence-corrected chi connectivity index (χ2v) is 7.70. The second kappa shape index (κ2) is 9.17. The Morgan fingerprint density at radius 3 is 2.62 bits per heavy atom. The summed E-state index contributed by atoms with van der Waals surface area (Å²) < 4.78 is 14.1. The van der Waals surface area contributed by atoms with Crippen LogP contribution in [0.25, 0.3) is 0 Å². The topological polar surface area (TPSA) is 23.5 Å². The molecule has 1 aliphatic carbocycles. The maximum absolute atomic E-state index is 14.1. The van der Waals surface area contributed by atoms with E-state index >= 15 is 0 Å². The van der Waals surface area contributed by atoms with E-state index in [1.807, 2.05) is 0 Å². The van der Waals surface area contributed by atoms with E-state index in [-0.39, 0.29) is 11.7 Å². The summed E-state index contributed by atoms with van der Waals surface area (Å²) in [5.41, 5.74) is -0.293. The number of rotatable bonds is 8. The molecule has 0 aliphatic heterocycles. The molecule has 2 nitrogen and oxygen atoms in total. The summed E-state index contributed by atoms with van der Waals surface area (Å²) in [4.78, 5) is 2.45. The van der Waals surface area contributed by atoms with E-state index in [0.29, 0.717) is 17.0 Å². The first-order valence-electron chi connectivity index (χ1n) is 9.37. The summed E-state index contributed by atoms with van der Waals surface area (Å²) in [7, 11) is 0. The molecule has 1 aromatic carbocycles. The fraction of sp³-hybridized carbons (Fsp3) is 0.700. The minimum absolute atomic E-state index is 0.197. The zero-order valence-electron chi connectivity index (χ0n) is 15.0. The van der Waals surface area contributed by atoms with E-state index in [0.717, 1.165) is 58.2 Å². The average molecular weight is 356 g/mol. The van der Waals surface area contributed by atoms with Gasteiger partial charge in [-0.2, -0.15) is 0 Å². The fourth-order valence-corrected chi connectivity index (χ4v) is 4.23. The lowest BCUT2D eigenvalue weighted by Crippen LogP contribution is -2.48. The van der Waals surface area contributed by atoms with Crippen LogP contribution in [0.2, 0.25) is 5.02 Å². The van der Waals surface area contributed by atoms with E-state index in [4.69, 9.17) is 11.6 Å². The van der Waals surface area contributed by atoms with E-state index in [2.05, 4.69) is 18.7 Å². The molecular weight excluding hydrogens is 325 g/mol. The van der Waals surface area contributed by atoms with E-state index < -0.39 is 5.60 Å². The zero-order chi connectivity index (χ0) is 17.6. The summed E-state index contributed by atoms with van der Waals surface area (Å²) in [5.74, 6) is -0.0705. The van der Waals surface area contributed by atoms with Crippen molar-refractivity contribution in [3.63, 3.8) is 0 Å². The first-order valence-corrected chi connectivity index (χ1v) is 9.75. The van der Waals surface area contributed by atoms with Crippen molar-refractivity contribution in [1.82, 2.24) is 4.90 Å². The number of hydrogen-bond donors (Lipinski definition) is 1. The van der Waals surface area contributed by atoms with Gasteiger partial charge in [-0.25, -0.2) is 4.39 Å². The predicted molar refractivity (Wildman–Crippen MR) is 99.0 cm³/mol. The normalized spacial score (nSPS) is 24.5. The van der Waals surface area contributed by atoms with Crippen LogP contribution in [0.4, 0.5) is 4.39 Å². The van der Waals surface area contributed by atoms with Crippen LogP contribution in [0, 0.1) is 11.7 Å². The van der Waals surface area contributed by atoms with Crippen LogP contribution < -0.4 is 0 Å². The van der Waals surface area contributed by atoms with Crippen LogP contribution in [-0.4, -0.2) is 35.2 Å². The van der Waals surface area contributed by atoms with Crippen LogP contribution in [-0.2, 0) is 6.42 Å². The Bertz CT molecular complexity index is 518. The van der Waals surface area contributed by atoms with Crippen LogP contribution in [0.5, 0.6) is 0 Å². The van der Waals surface area contributed by atoms with Gasteiger partial charge in [0.25, 0.3) is 0 Å². The summed E-state index contributed by atoms with van der Waals surface area (Å²) >= 11 is 6.03. The van der Waals surface area contributed by atoms with Crippen LogP contribution in [0.3, 0.4) is 0 Å². The Hall–Kier alpha value is -0.640. The molecule has 0 radical (unpaired) electrons. The Labute approximate surface area is 151 Å². The lowest BCUT2D eigenvalue weighted by atomic mass is 9.72. The average Bonchev–Trinajstić information content (AvgIpc) is 2.54. The van der Waals surface area contributed by atoms with Gasteiger partial charge in [0.05, 0.1) is 5.60 Å². The molecule has 24 heavy (non-hydrogen) atoms. The van der Waals surface area contributed by atoms with Crippen molar-refractivity contribution in [2.45, 2.75) is 64.4 Å². The first-order chi connectivity index (χ1) is 11.5. The molecule has 1 saturated carbocycles. The van der Waals surface area contributed by atoms with Gasteiger partial charge in [-0.3, -0.25) is 0 Å². The number of benzene rings is 1. The van der Waals surface area contributed by atoms with Gasteiger partial charge in [-0.15, -0.1) is 0 Å². The minimum atomic E-state index is -0.830. The number of nitrogens with zero attached hydrogens (tertiary/aromatic N) is 1. The second-order valence-electron chi connectivity index (χ2n) is 7.26. The van der Waals surface area contributed by atoms with Crippen molar-refractivity contribution in [2.75, 3.05) is 19.6 Å². The van der Waals surface area contributed by atoms with Gasteiger partial charge in [0, 0.05) is 23.9 Å². The zero-order valence-corrected chi connectivity index (χ0v) is 15.8. The molecule has 0 spiro atoms. The van der Waals surface area contributed by atoms with Crippen molar-refractivity contribution in [1.29, 1.82) is 0 Å². The largest absolute Gasteiger partial charge is 0.389 e. The number of aliphatic hydroxyl groups is 1. The highest BCUT2D eigenvalue weighted by atomic mass is 35.5. The molecule has 4 heteroatoms. The van der Waals surface area contributed by atoms with Gasteiger partial charge in [-0.05, 0) is 62.5 Å². The SMILES string of the molecule is CCCN(CCC)CC1CCCCC1(O)Cc1cc(Cl)ccc1F. The molecule has 2 rings (SSSR count). The quantitative estimate of drug-likeness (QED) is 0.704. The lowest BCUT2D eigenvalue weighted by molar-refractivity contribution is -0.0596. The number of halogens is 2. The molecule has 136 valence electrons. The molecule has 0 saturated heterocycles. The standard InChI is InChI=1S/C20H31ClFNO/c1-3-11-23(12-4-2)15-17-7-5-6-10-20(17,24)14-16-13-18(21)8-9-19(16)22/h8-9,13,17,24H,3-7,10-12,14-15H2,1-2H3. The third kappa shape index (κ3) is 5.18. The van der Waals surface area contributed by atoms with Crippen LogP contribution in [0.1, 0.15) is 57.9 Å². The summed E-state index contributed by atoms with van der Waals surface area (Å²) in [6, 6.07) is 4.63. The summed E-state index contributed by atoms with van der Waals surface area (Å²) in [6.45, 7) is 7.41. The van der Waals surface area contributed by atoms with Crippen molar-refractivity contribution >= 4 is 11.6 Å². The van der Waals surface area contributed by atoms with Gasteiger partial charge < -0.3 is 10.0 Å². The summed E-state index contributed by atoms with van der Waals surface area (Å²) in [6.07, 6.45) is 6.52. The molecule has 2 unspecified atom stereocenters. The highest BCUT2D eigenvalue weighted by Gasteiger charge is 2.40. The lowest BCUT2D eigenvalue weighted by Gasteiger charge is -2.42. The highest BCUT2D eigenvalue weighted by molar-refractivity contribution is 6.30. The molecule has 1 aromatic rings. The fourth-order valence-electron chi connectivity index (χ4n) is 4.04. The molecule has 0 aromatic heterocycles. The third-order valence-corrected chi connectivity index (χ3v) is 5.47. The van der Waals surface area contributed by atoms with Crippen molar-refractivity contribution in [3.05, 3.63) is 34.6 Å². The molecule has 0 amide bonds. The van der Waals surface area contributed by atoms with Gasteiger partial charge in [0.15, 0.2) is 0 Å². The molecule has 1 aliphatic rings. The van der Waals surface area contributed by atoms with Gasteiger partial charge in [-0.1, -0.05) is 38.3 Å². The van der Waals surface area contributed by atoms with Crippen molar-refractivity contribution in [3.8, 4) is 0 Å². The molecule has 1 fully saturated rings. The third-order valence-electron chi connectivity index (χ3n) is 5.23. The molecule has 0 bridgehead atoms. The Morgan fingerprint density at radius 2 is 1.96 bits per heavy atom. The molecule has 1 N–H and O–H groups in total. The summed E-state index contributed by atoms with van der Waals surface area (Å²) in [5, 5.41) is 11.9. The first kappa shape index (κ1) is 19.7. The van der Waals surface area contributed by atoms with Crippen LogP contribution >= 0.6 is 11.6 Å². The predicted octanol–water partition coefficient (Wildman–Crippen LogP) is 5.06. The number of hydrogen-bond acceptors (Lipinski definition) is 2. The monoisotopic (exact) mass is 355 g/mol. The van der Waals surface area contributed by atoms with Crippen molar-refractivity contribution < 1.29 is 9.50 Å². The highest BCUT2D eigenvalue weighted by Crippen LogP contribution is 2.38. The van der Waals surface area contributed by atoms with Crippen molar-refractivity contribution in [2.24, 2.45) is 5.92 Å². The Morgan fingerprint density at radius 1 is 1.25 bits per heavy atom. The van der Waals surface area contributed by atoms with Gasteiger partial charge in [0.1, 0.15) is 5.82 Å². The Balaban J connectivity index is 2.15. The maximum Gasteiger partial charge on any atom is 0.126 e. The minimum Gasteiger partial charge on any atom is -0.389 e. The maximum atomic E-state index is 14.1. The van der Waals surface area contributed by atoms with Crippen LogP contribution in [0.15, 0.2) is 18.2 Å². The molecular formula is C20H31ClFNO. The molecule has 0 heterocycles. The Kier molecular flexibility index (Phi) is 7.52. The smallest absolute Gasteiger partial charge is 0.126 e. The van der Waals surface area contributed by atoms with E-state index in [9.17, 15) is 9.50 Å². The van der Waals surface area contributed by atoms with Gasteiger partial charge in [0.2, 0.25) is 0 Å².